The number of rotatable bonds is 5. The number of amides is 1. The average molecular weight is 308 g/mol. The van der Waals surface area contributed by atoms with Gasteiger partial charge in [-0.1, -0.05) is 20.8 Å². The number of thiophene rings is 1. The van der Waals surface area contributed by atoms with E-state index in [1.165, 1.54) is 9.75 Å². The Balaban J connectivity index is 1.81. The summed E-state index contributed by atoms with van der Waals surface area (Å²) >= 11 is 1.91. The predicted octanol–water partition coefficient (Wildman–Crippen LogP) is 3.61. The van der Waals surface area contributed by atoms with E-state index < -0.39 is 0 Å². The van der Waals surface area contributed by atoms with Gasteiger partial charge in [-0.3, -0.25) is 4.79 Å². The van der Waals surface area contributed by atoms with E-state index in [2.05, 4.69) is 31.3 Å². The molecule has 0 saturated carbocycles. The Bertz CT molecular complexity index is 461. The van der Waals surface area contributed by atoms with Crippen molar-refractivity contribution < 1.29 is 4.79 Å². The van der Waals surface area contributed by atoms with Gasteiger partial charge in [0.25, 0.3) is 0 Å². The molecule has 0 spiro atoms. The molecule has 118 valence electrons. The monoisotopic (exact) mass is 308 g/mol. The van der Waals surface area contributed by atoms with Crippen molar-refractivity contribution in [2.24, 2.45) is 5.92 Å². The van der Waals surface area contributed by atoms with Gasteiger partial charge in [-0.15, -0.1) is 11.3 Å². The van der Waals surface area contributed by atoms with E-state index in [4.69, 9.17) is 0 Å². The molecule has 3 nitrogen and oxygen atoms in total. The first-order chi connectivity index (χ1) is 10.0. The molecule has 0 aromatic carbocycles. The van der Waals surface area contributed by atoms with E-state index in [0.717, 1.165) is 32.4 Å². The van der Waals surface area contributed by atoms with Crippen LogP contribution in [0.1, 0.15) is 56.3 Å². The second-order valence-corrected chi connectivity index (χ2v) is 7.50. The Labute approximate surface area is 132 Å². The number of nitrogens with one attached hydrogen (secondary N) is 1. The molecular formula is C17H28N2OS. The minimum absolute atomic E-state index is 0.118. The average Bonchev–Trinajstić information content (AvgIpc) is 2.96. The zero-order chi connectivity index (χ0) is 15.4. The summed E-state index contributed by atoms with van der Waals surface area (Å²) in [6.07, 6.45) is 3.25. The van der Waals surface area contributed by atoms with Gasteiger partial charge in [0.2, 0.25) is 5.91 Å². The summed E-state index contributed by atoms with van der Waals surface area (Å²) in [7, 11) is 0. The molecule has 1 atom stereocenters. The van der Waals surface area contributed by atoms with Crippen LogP contribution in [-0.2, 0) is 11.2 Å². The van der Waals surface area contributed by atoms with E-state index in [0.29, 0.717) is 18.0 Å². The highest BCUT2D eigenvalue weighted by Crippen LogP contribution is 2.25. The second kappa shape index (κ2) is 7.41. The van der Waals surface area contributed by atoms with Gasteiger partial charge in [0.1, 0.15) is 0 Å². The number of carbonyl (C=O) groups excluding carboxylic acids is 1. The molecular weight excluding hydrogens is 280 g/mol. The number of hydrogen-bond donors (Lipinski definition) is 1. The first-order valence-electron chi connectivity index (χ1n) is 8.14. The van der Waals surface area contributed by atoms with Crippen LogP contribution in [0.25, 0.3) is 0 Å². The van der Waals surface area contributed by atoms with Crippen molar-refractivity contribution in [3.05, 3.63) is 21.9 Å². The van der Waals surface area contributed by atoms with E-state index in [1.54, 1.807) is 0 Å². The number of nitrogens with zero attached hydrogens (tertiary/aromatic N) is 1. The zero-order valence-electron chi connectivity index (χ0n) is 13.7. The Hall–Kier alpha value is -0.870. The van der Waals surface area contributed by atoms with Crippen molar-refractivity contribution in [1.82, 2.24) is 10.2 Å². The number of hydrogen-bond acceptors (Lipinski definition) is 3. The number of carbonyl (C=O) groups is 1. The third-order valence-electron chi connectivity index (χ3n) is 4.24. The Kier molecular flexibility index (Phi) is 5.82. The van der Waals surface area contributed by atoms with Crippen molar-refractivity contribution in [3.8, 4) is 0 Å². The zero-order valence-corrected chi connectivity index (χ0v) is 14.5. The van der Waals surface area contributed by atoms with Crippen LogP contribution in [0.15, 0.2) is 12.1 Å². The molecule has 1 amide bonds. The number of piperidine rings is 1. The van der Waals surface area contributed by atoms with Crippen LogP contribution in [-0.4, -0.2) is 29.9 Å². The van der Waals surface area contributed by atoms with E-state index in [-0.39, 0.29) is 5.92 Å². The van der Waals surface area contributed by atoms with Crippen LogP contribution in [0.4, 0.5) is 0 Å². The SMILES string of the molecule is CCc1ccc(C(C)NC2CCN(C(=O)C(C)C)CC2)s1. The maximum absolute atomic E-state index is 12.0. The van der Waals surface area contributed by atoms with Gasteiger partial charge in [-0.2, -0.15) is 0 Å². The summed E-state index contributed by atoms with van der Waals surface area (Å²) in [5.41, 5.74) is 0. The van der Waals surface area contributed by atoms with Gasteiger partial charge in [0, 0.05) is 40.8 Å². The quantitative estimate of drug-likeness (QED) is 0.901. The molecule has 1 aromatic heterocycles. The Morgan fingerprint density at radius 2 is 2.00 bits per heavy atom. The van der Waals surface area contributed by atoms with Gasteiger partial charge in [0.15, 0.2) is 0 Å². The summed E-state index contributed by atoms with van der Waals surface area (Å²) in [6.45, 7) is 10.2. The molecule has 1 N–H and O–H groups in total. The largest absolute Gasteiger partial charge is 0.342 e. The van der Waals surface area contributed by atoms with E-state index in [9.17, 15) is 4.79 Å². The van der Waals surface area contributed by atoms with Crippen LogP contribution in [0, 0.1) is 5.92 Å². The molecule has 4 heteroatoms. The molecule has 1 fully saturated rings. The highest BCUT2D eigenvalue weighted by atomic mass is 32.1. The first-order valence-corrected chi connectivity index (χ1v) is 8.96. The lowest BCUT2D eigenvalue weighted by Crippen LogP contribution is -2.46. The number of likely N-dealkylation sites (tertiary alicyclic amines) is 1. The summed E-state index contributed by atoms with van der Waals surface area (Å²) in [5.74, 6) is 0.416. The molecule has 1 saturated heterocycles. The molecule has 0 radical (unpaired) electrons. The summed E-state index contributed by atoms with van der Waals surface area (Å²) in [6, 6.07) is 5.43. The first kappa shape index (κ1) is 16.5. The van der Waals surface area contributed by atoms with Gasteiger partial charge >= 0.3 is 0 Å². The molecule has 1 unspecified atom stereocenters. The predicted molar refractivity (Wildman–Crippen MR) is 89.7 cm³/mol. The summed E-state index contributed by atoms with van der Waals surface area (Å²) in [5, 5.41) is 3.73. The highest BCUT2D eigenvalue weighted by Gasteiger charge is 2.25. The fourth-order valence-electron chi connectivity index (χ4n) is 2.88. The molecule has 21 heavy (non-hydrogen) atoms. The van der Waals surface area contributed by atoms with Gasteiger partial charge in [-0.05, 0) is 38.3 Å². The lowest BCUT2D eigenvalue weighted by atomic mass is 10.0. The molecule has 1 aliphatic rings. The maximum atomic E-state index is 12.0. The number of aryl methyl sites for hydroxylation is 1. The van der Waals surface area contributed by atoms with Crippen molar-refractivity contribution in [3.63, 3.8) is 0 Å². The van der Waals surface area contributed by atoms with Crippen LogP contribution in [0.3, 0.4) is 0 Å². The molecule has 0 aliphatic carbocycles. The lowest BCUT2D eigenvalue weighted by Gasteiger charge is -2.34. The second-order valence-electron chi connectivity index (χ2n) is 6.30. The molecule has 0 bridgehead atoms. The van der Waals surface area contributed by atoms with Gasteiger partial charge in [-0.25, -0.2) is 0 Å². The molecule has 2 heterocycles. The maximum Gasteiger partial charge on any atom is 0.225 e. The lowest BCUT2D eigenvalue weighted by molar-refractivity contribution is -0.135. The minimum atomic E-state index is 0.118. The van der Waals surface area contributed by atoms with E-state index in [1.807, 2.05) is 30.1 Å². The fraction of sp³-hybridized carbons (Fsp3) is 0.706. The van der Waals surface area contributed by atoms with Crippen molar-refractivity contribution in [2.45, 2.75) is 59.0 Å². The van der Waals surface area contributed by atoms with Crippen molar-refractivity contribution >= 4 is 17.2 Å². The minimum Gasteiger partial charge on any atom is -0.342 e. The molecule has 1 aromatic rings. The normalized spacial score (nSPS) is 18.2. The third-order valence-corrected chi connectivity index (χ3v) is 5.66. The smallest absolute Gasteiger partial charge is 0.225 e. The molecule has 1 aliphatic heterocycles. The Morgan fingerprint density at radius 1 is 1.33 bits per heavy atom. The Morgan fingerprint density at radius 3 is 2.52 bits per heavy atom. The van der Waals surface area contributed by atoms with Crippen LogP contribution in [0.5, 0.6) is 0 Å². The van der Waals surface area contributed by atoms with Crippen LogP contribution < -0.4 is 5.32 Å². The van der Waals surface area contributed by atoms with Crippen LogP contribution in [0.2, 0.25) is 0 Å². The standard InChI is InChI=1S/C17H28N2OS/c1-5-15-6-7-16(21-15)13(4)18-14-8-10-19(11-9-14)17(20)12(2)3/h6-7,12-14,18H,5,8-11H2,1-4H3. The van der Waals surface area contributed by atoms with Gasteiger partial charge in [0.05, 0.1) is 0 Å². The molecule has 2 rings (SSSR count). The van der Waals surface area contributed by atoms with Gasteiger partial charge < -0.3 is 10.2 Å². The topological polar surface area (TPSA) is 32.3 Å². The van der Waals surface area contributed by atoms with E-state index >= 15 is 0 Å². The third kappa shape index (κ3) is 4.30. The summed E-state index contributed by atoms with van der Waals surface area (Å²) < 4.78 is 0. The highest BCUT2D eigenvalue weighted by molar-refractivity contribution is 7.12. The van der Waals surface area contributed by atoms with Crippen LogP contribution >= 0.6 is 11.3 Å². The summed E-state index contributed by atoms with van der Waals surface area (Å²) in [4.78, 5) is 16.9. The fourth-order valence-corrected chi connectivity index (χ4v) is 3.85. The van der Waals surface area contributed by atoms with Crippen molar-refractivity contribution in [2.75, 3.05) is 13.1 Å². The van der Waals surface area contributed by atoms with Crippen molar-refractivity contribution in [1.29, 1.82) is 0 Å².